The highest BCUT2D eigenvalue weighted by Gasteiger charge is 2.38. The van der Waals surface area contributed by atoms with Crippen LogP contribution in [-0.4, -0.2) is 35.3 Å². The van der Waals surface area contributed by atoms with E-state index in [4.69, 9.17) is 0 Å². The Balaban J connectivity index is 2.86. The molecule has 0 bridgehead atoms. The van der Waals surface area contributed by atoms with Crippen molar-refractivity contribution in [3.63, 3.8) is 0 Å². The number of carbonyl (C=O) groups excluding carboxylic acids is 2. The van der Waals surface area contributed by atoms with Crippen LogP contribution in [0, 0.1) is 5.92 Å². The standard InChI is InChI=1S/C12H20N2O2/c1-5-6-7-14-9(4)11(15)13-10(8(2)3)12(14)16/h5-6,8-10H,7H2,1-4H3,(H,13,15)/b6-5+. The number of amides is 2. The van der Waals surface area contributed by atoms with Crippen molar-refractivity contribution in [2.45, 2.75) is 39.8 Å². The van der Waals surface area contributed by atoms with Crippen LogP contribution in [0.15, 0.2) is 12.2 Å². The minimum atomic E-state index is -0.381. The number of nitrogens with zero attached hydrogens (tertiary/aromatic N) is 1. The third kappa shape index (κ3) is 2.43. The smallest absolute Gasteiger partial charge is 0.246 e. The number of piperazine rings is 1. The van der Waals surface area contributed by atoms with Crippen LogP contribution in [0.2, 0.25) is 0 Å². The fourth-order valence-electron chi connectivity index (χ4n) is 1.77. The van der Waals surface area contributed by atoms with Gasteiger partial charge in [0.2, 0.25) is 11.8 Å². The third-order valence-electron chi connectivity index (χ3n) is 2.90. The van der Waals surface area contributed by atoms with Crippen LogP contribution in [0.5, 0.6) is 0 Å². The Labute approximate surface area is 96.7 Å². The summed E-state index contributed by atoms with van der Waals surface area (Å²) >= 11 is 0. The molecule has 0 aromatic heterocycles. The van der Waals surface area contributed by atoms with Crippen LogP contribution in [0.1, 0.15) is 27.7 Å². The third-order valence-corrected chi connectivity index (χ3v) is 2.90. The summed E-state index contributed by atoms with van der Waals surface area (Å²) in [5, 5.41) is 2.77. The molecule has 1 rings (SSSR count). The molecule has 16 heavy (non-hydrogen) atoms. The Bertz CT molecular complexity index is 310. The molecule has 4 nitrogen and oxygen atoms in total. The lowest BCUT2D eigenvalue weighted by atomic mass is 9.98. The molecule has 0 aliphatic carbocycles. The van der Waals surface area contributed by atoms with Crippen LogP contribution in [0.4, 0.5) is 0 Å². The van der Waals surface area contributed by atoms with Crippen LogP contribution < -0.4 is 5.32 Å². The van der Waals surface area contributed by atoms with E-state index in [0.29, 0.717) is 6.54 Å². The monoisotopic (exact) mass is 224 g/mol. The lowest BCUT2D eigenvalue weighted by Crippen LogP contribution is -2.63. The molecule has 90 valence electrons. The predicted molar refractivity (Wildman–Crippen MR) is 62.8 cm³/mol. The van der Waals surface area contributed by atoms with Crippen LogP contribution in [-0.2, 0) is 9.59 Å². The first-order valence-electron chi connectivity index (χ1n) is 5.71. The van der Waals surface area contributed by atoms with Crippen molar-refractivity contribution in [2.75, 3.05) is 6.54 Å². The average molecular weight is 224 g/mol. The summed E-state index contributed by atoms with van der Waals surface area (Å²) in [6, 6.07) is -0.757. The highest BCUT2D eigenvalue weighted by molar-refractivity contribution is 5.96. The average Bonchev–Trinajstić information content (AvgIpc) is 2.23. The molecule has 1 heterocycles. The Morgan fingerprint density at radius 1 is 1.44 bits per heavy atom. The zero-order chi connectivity index (χ0) is 12.3. The largest absolute Gasteiger partial charge is 0.342 e. The molecule has 1 saturated heterocycles. The molecule has 1 N–H and O–H groups in total. The summed E-state index contributed by atoms with van der Waals surface area (Å²) in [7, 11) is 0. The minimum absolute atomic E-state index is 0.0141. The molecule has 0 aromatic carbocycles. The Kier molecular flexibility index (Phi) is 4.10. The topological polar surface area (TPSA) is 49.4 Å². The van der Waals surface area contributed by atoms with E-state index in [2.05, 4.69) is 5.32 Å². The summed E-state index contributed by atoms with van der Waals surface area (Å²) in [6.07, 6.45) is 3.78. The first-order chi connectivity index (χ1) is 7.49. The number of hydrogen-bond acceptors (Lipinski definition) is 2. The Hall–Kier alpha value is -1.32. The van der Waals surface area contributed by atoms with Gasteiger partial charge in [0.1, 0.15) is 12.1 Å². The second-order valence-corrected chi connectivity index (χ2v) is 4.47. The van der Waals surface area contributed by atoms with E-state index < -0.39 is 0 Å². The second-order valence-electron chi connectivity index (χ2n) is 4.47. The molecule has 4 heteroatoms. The zero-order valence-electron chi connectivity index (χ0n) is 10.4. The fraction of sp³-hybridized carbons (Fsp3) is 0.667. The molecular weight excluding hydrogens is 204 g/mol. The van der Waals surface area contributed by atoms with Gasteiger partial charge in [0.25, 0.3) is 0 Å². The Morgan fingerprint density at radius 3 is 2.56 bits per heavy atom. The van der Waals surface area contributed by atoms with Crippen molar-refractivity contribution in [3.8, 4) is 0 Å². The second kappa shape index (κ2) is 5.14. The number of hydrogen-bond donors (Lipinski definition) is 1. The van der Waals surface area contributed by atoms with Gasteiger partial charge in [-0.05, 0) is 19.8 Å². The van der Waals surface area contributed by atoms with Crippen LogP contribution in [0.25, 0.3) is 0 Å². The van der Waals surface area contributed by atoms with Gasteiger partial charge in [-0.3, -0.25) is 9.59 Å². The molecule has 0 spiro atoms. The van der Waals surface area contributed by atoms with Crippen molar-refractivity contribution in [3.05, 3.63) is 12.2 Å². The SMILES string of the molecule is C/C=C/CN1C(=O)C(C(C)C)NC(=O)C1C. The molecular formula is C12H20N2O2. The van der Waals surface area contributed by atoms with Gasteiger partial charge in [0, 0.05) is 6.54 Å². The lowest BCUT2D eigenvalue weighted by Gasteiger charge is -2.38. The predicted octanol–water partition coefficient (Wildman–Crippen LogP) is 0.934. The number of nitrogens with one attached hydrogen (secondary N) is 1. The lowest BCUT2D eigenvalue weighted by molar-refractivity contribution is -0.149. The van der Waals surface area contributed by atoms with Gasteiger partial charge in [-0.2, -0.15) is 0 Å². The minimum Gasteiger partial charge on any atom is -0.342 e. The molecule has 2 atom stereocenters. The van der Waals surface area contributed by atoms with E-state index in [1.54, 1.807) is 11.8 Å². The maximum Gasteiger partial charge on any atom is 0.246 e. The summed E-state index contributed by atoms with van der Waals surface area (Å²) < 4.78 is 0. The van der Waals surface area contributed by atoms with Crippen molar-refractivity contribution in [1.29, 1.82) is 0 Å². The van der Waals surface area contributed by atoms with Gasteiger partial charge in [-0.15, -0.1) is 0 Å². The number of rotatable bonds is 3. The number of allylic oxidation sites excluding steroid dienone is 1. The highest BCUT2D eigenvalue weighted by atomic mass is 16.2. The van der Waals surface area contributed by atoms with E-state index in [1.165, 1.54) is 0 Å². The van der Waals surface area contributed by atoms with E-state index in [9.17, 15) is 9.59 Å². The molecule has 1 aliphatic rings. The first kappa shape index (κ1) is 12.7. The van der Waals surface area contributed by atoms with Gasteiger partial charge >= 0.3 is 0 Å². The van der Waals surface area contributed by atoms with Gasteiger partial charge in [-0.25, -0.2) is 0 Å². The van der Waals surface area contributed by atoms with Crippen molar-refractivity contribution in [2.24, 2.45) is 5.92 Å². The highest BCUT2D eigenvalue weighted by Crippen LogP contribution is 2.15. The van der Waals surface area contributed by atoms with Crippen molar-refractivity contribution >= 4 is 11.8 Å². The summed E-state index contributed by atoms with van der Waals surface area (Å²) in [6.45, 7) is 8.04. The molecule has 1 aliphatic heterocycles. The van der Waals surface area contributed by atoms with Crippen molar-refractivity contribution < 1.29 is 9.59 Å². The summed E-state index contributed by atoms with van der Waals surface area (Å²) in [4.78, 5) is 25.4. The number of carbonyl (C=O) groups is 2. The fourth-order valence-corrected chi connectivity index (χ4v) is 1.77. The van der Waals surface area contributed by atoms with E-state index in [1.807, 2.05) is 32.9 Å². The normalized spacial score (nSPS) is 26.7. The van der Waals surface area contributed by atoms with E-state index >= 15 is 0 Å². The summed E-state index contributed by atoms with van der Waals surface area (Å²) in [5.74, 6) is 0.0695. The van der Waals surface area contributed by atoms with Gasteiger partial charge in [0.15, 0.2) is 0 Å². The van der Waals surface area contributed by atoms with Gasteiger partial charge in [-0.1, -0.05) is 26.0 Å². The van der Waals surface area contributed by atoms with Crippen LogP contribution in [0.3, 0.4) is 0 Å². The molecule has 0 aromatic rings. The maximum absolute atomic E-state index is 12.1. The molecule has 2 amide bonds. The van der Waals surface area contributed by atoms with Crippen molar-refractivity contribution in [1.82, 2.24) is 10.2 Å². The quantitative estimate of drug-likeness (QED) is 0.725. The molecule has 0 radical (unpaired) electrons. The van der Waals surface area contributed by atoms with E-state index in [0.717, 1.165) is 0 Å². The molecule has 1 fully saturated rings. The zero-order valence-corrected chi connectivity index (χ0v) is 10.4. The maximum atomic E-state index is 12.1. The van der Waals surface area contributed by atoms with Gasteiger partial charge < -0.3 is 10.2 Å². The first-order valence-corrected chi connectivity index (χ1v) is 5.71. The van der Waals surface area contributed by atoms with Crippen LogP contribution >= 0.6 is 0 Å². The molecule has 0 saturated carbocycles. The van der Waals surface area contributed by atoms with Gasteiger partial charge in [0.05, 0.1) is 0 Å². The molecule has 2 unspecified atom stereocenters. The van der Waals surface area contributed by atoms with E-state index in [-0.39, 0.29) is 29.8 Å². The summed E-state index contributed by atoms with van der Waals surface area (Å²) in [5.41, 5.74) is 0. The Morgan fingerprint density at radius 2 is 2.06 bits per heavy atom.